The number of benzene rings is 2. The van der Waals surface area contributed by atoms with E-state index in [0.717, 1.165) is 42.1 Å². The summed E-state index contributed by atoms with van der Waals surface area (Å²) in [6.07, 6.45) is 3.29. The van der Waals surface area contributed by atoms with Gasteiger partial charge in [-0.2, -0.15) is 0 Å². The Morgan fingerprint density at radius 3 is 2.56 bits per heavy atom. The molecule has 2 aromatic carbocycles. The van der Waals surface area contributed by atoms with E-state index in [9.17, 15) is 14.4 Å². The Bertz CT molecular complexity index is 1020. The lowest BCUT2D eigenvalue weighted by atomic mass is 9.93. The van der Waals surface area contributed by atoms with E-state index in [-0.39, 0.29) is 12.5 Å². The Balaban J connectivity index is 1.42. The Labute approximate surface area is 192 Å². The van der Waals surface area contributed by atoms with Crippen molar-refractivity contribution in [2.75, 3.05) is 29.9 Å². The summed E-state index contributed by atoms with van der Waals surface area (Å²) < 4.78 is 0. The lowest BCUT2D eigenvalue weighted by Crippen LogP contribution is -2.45. The van der Waals surface area contributed by atoms with Crippen molar-refractivity contribution in [1.82, 2.24) is 10.2 Å². The number of rotatable bonds is 7. The molecule has 7 nitrogen and oxygen atoms in total. The predicted octanol–water partition coefficient (Wildman–Crippen LogP) is 3.82. The lowest BCUT2D eigenvalue weighted by molar-refractivity contribution is -0.133. The average Bonchev–Trinajstić information content (AvgIpc) is 3.37. The standard InChI is InChI=1S/C24H27ClN4O3/c1-24(12-11-17-7-3-2-4-8-17)22(31)29(23(32)27-24)16-21(30)26-19-15-18(25)9-10-20(19)28-13-5-6-14-28/h2-4,7-10,15H,5-6,11-14,16H2,1H3,(H,26,30)(H,27,32)/t24-/m0/s1. The monoisotopic (exact) mass is 454 g/mol. The largest absolute Gasteiger partial charge is 0.370 e. The fourth-order valence-corrected chi connectivity index (χ4v) is 4.45. The highest BCUT2D eigenvalue weighted by molar-refractivity contribution is 6.31. The summed E-state index contributed by atoms with van der Waals surface area (Å²) in [7, 11) is 0. The highest BCUT2D eigenvalue weighted by Gasteiger charge is 2.47. The molecule has 0 aliphatic carbocycles. The van der Waals surface area contributed by atoms with Crippen LogP contribution in [-0.2, 0) is 16.0 Å². The van der Waals surface area contributed by atoms with Crippen LogP contribution in [0.25, 0.3) is 0 Å². The number of amides is 4. The molecule has 2 saturated heterocycles. The van der Waals surface area contributed by atoms with Crippen molar-refractivity contribution < 1.29 is 14.4 Å². The third kappa shape index (κ3) is 4.72. The molecule has 2 aromatic rings. The van der Waals surface area contributed by atoms with Gasteiger partial charge in [-0.25, -0.2) is 4.79 Å². The molecule has 2 heterocycles. The number of hydrogen-bond acceptors (Lipinski definition) is 4. The maximum absolute atomic E-state index is 13.0. The minimum Gasteiger partial charge on any atom is -0.370 e. The van der Waals surface area contributed by atoms with Gasteiger partial charge in [-0.15, -0.1) is 0 Å². The molecule has 0 bridgehead atoms. The van der Waals surface area contributed by atoms with Crippen molar-refractivity contribution in [1.29, 1.82) is 0 Å². The van der Waals surface area contributed by atoms with Gasteiger partial charge in [0.15, 0.2) is 0 Å². The first-order valence-electron chi connectivity index (χ1n) is 10.9. The number of hydrogen-bond donors (Lipinski definition) is 2. The molecule has 2 N–H and O–H groups in total. The van der Waals surface area contributed by atoms with Crippen molar-refractivity contribution in [2.45, 2.75) is 38.1 Å². The van der Waals surface area contributed by atoms with Gasteiger partial charge in [0.05, 0.1) is 11.4 Å². The third-order valence-corrected chi connectivity index (χ3v) is 6.32. The Kier molecular flexibility index (Phi) is 6.37. The van der Waals surface area contributed by atoms with E-state index >= 15 is 0 Å². The highest BCUT2D eigenvalue weighted by atomic mass is 35.5. The van der Waals surface area contributed by atoms with Crippen LogP contribution in [0.15, 0.2) is 48.5 Å². The van der Waals surface area contributed by atoms with E-state index in [1.165, 1.54) is 0 Å². The van der Waals surface area contributed by atoms with Crippen LogP contribution in [0, 0.1) is 0 Å². The van der Waals surface area contributed by atoms with Gasteiger partial charge in [0.1, 0.15) is 12.1 Å². The van der Waals surface area contributed by atoms with Crippen LogP contribution >= 0.6 is 11.6 Å². The molecule has 2 aliphatic rings. The van der Waals surface area contributed by atoms with Gasteiger partial charge in [-0.05, 0) is 56.4 Å². The van der Waals surface area contributed by atoms with Crippen LogP contribution in [0.4, 0.5) is 16.2 Å². The molecular formula is C24H27ClN4O3. The number of imide groups is 1. The zero-order chi connectivity index (χ0) is 22.7. The lowest BCUT2D eigenvalue weighted by Gasteiger charge is -2.23. The Hall–Kier alpha value is -3.06. The smallest absolute Gasteiger partial charge is 0.325 e. The van der Waals surface area contributed by atoms with Crippen LogP contribution in [0.5, 0.6) is 0 Å². The number of halogens is 1. The van der Waals surface area contributed by atoms with Gasteiger partial charge in [0.25, 0.3) is 5.91 Å². The van der Waals surface area contributed by atoms with Gasteiger partial charge in [-0.1, -0.05) is 41.9 Å². The number of nitrogens with zero attached hydrogens (tertiary/aromatic N) is 2. The van der Waals surface area contributed by atoms with Crippen molar-refractivity contribution in [3.05, 3.63) is 59.1 Å². The highest BCUT2D eigenvalue weighted by Crippen LogP contribution is 2.32. The molecule has 8 heteroatoms. The first kappa shape index (κ1) is 22.1. The summed E-state index contributed by atoms with van der Waals surface area (Å²) in [5, 5.41) is 6.11. The molecule has 2 aliphatic heterocycles. The normalized spacial score (nSPS) is 20.6. The Morgan fingerprint density at radius 2 is 1.84 bits per heavy atom. The second-order valence-electron chi connectivity index (χ2n) is 8.54. The first-order valence-corrected chi connectivity index (χ1v) is 11.3. The minimum absolute atomic E-state index is 0.350. The van der Waals surface area contributed by atoms with E-state index in [1.54, 1.807) is 19.1 Å². The topological polar surface area (TPSA) is 81.8 Å². The molecule has 4 amide bonds. The third-order valence-electron chi connectivity index (χ3n) is 6.08. The summed E-state index contributed by atoms with van der Waals surface area (Å²) in [6, 6.07) is 14.6. The number of urea groups is 1. The fraction of sp³-hybridized carbons (Fsp3) is 0.375. The zero-order valence-corrected chi connectivity index (χ0v) is 18.8. The molecule has 0 aromatic heterocycles. The van der Waals surface area contributed by atoms with Gasteiger partial charge in [0, 0.05) is 18.1 Å². The summed E-state index contributed by atoms with van der Waals surface area (Å²) in [5.74, 6) is -0.831. The molecule has 168 valence electrons. The minimum atomic E-state index is -1.04. The number of carbonyl (C=O) groups is 3. The molecule has 0 radical (unpaired) electrons. The van der Waals surface area contributed by atoms with E-state index in [0.29, 0.717) is 23.6 Å². The van der Waals surface area contributed by atoms with E-state index in [1.807, 2.05) is 36.4 Å². The summed E-state index contributed by atoms with van der Waals surface area (Å²) in [4.78, 5) is 41.5. The number of carbonyl (C=O) groups excluding carboxylic acids is 3. The van der Waals surface area contributed by atoms with Crippen LogP contribution in [0.2, 0.25) is 5.02 Å². The van der Waals surface area contributed by atoms with Gasteiger partial charge in [-0.3, -0.25) is 14.5 Å². The number of nitrogens with one attached hydrogen (secondary N) is 2. The molecule has 2 fully saturated rings. The molecule has 32 heavy (non-hydrogen) atoms. The maximum atomic E-state index is 13.0. The van der Waals surface area contributed by atoms with Gasteiger partial charge in [0.2, 0.25) is 5.91 Å². The molecule has 1 atom stereocenters. The molecule has 0 spiro atoms. The Morgan fingerprint density at radius 1 is 1.12 bits per heavy atom. The van der Waals surface area contributed by atoms with Crippen molar-refractivity contribution in [3.63, 3.8) is 0 Å². The van der Waals surface area contributed by atoms with E-state index in [2.05, 4.69) is 15.5 Å². The molecule has 4 rings (SSSR count). The summed E-state index contributed by atoms with van der Waals surface area (Å²) in [5.41, 5.74) is 1.53. The van der Waals surface area contributed by atoms with Gasteiger partial charge < -0.3 is 15.5 Å². The van der Waals surface area contributed by atoms with Crippen molar-refractivity contribution in [2.24, 2.45) is 0 Å². The first-order chi connectivity index (χ1) is 15.4. The van der Waals surface area contributed by atoms with Crippen molar-refractivity contribution >= 4 is 40.8 Å². The SMILES string of the molecule is C[C@@]1(CCc2ccccc2)NC(=O)N(CC(=O)Nc2cc(Cl)ccc2N2CCCC2)C1=O. The molecule has 0 unspecified atom stereocenters. The van der Waals surface area contributed by atoms with Gasteiger partial charge >= 0.3 is 6.03 Å². The van der Waals surface area contributed by atoms with Crippen LogP contribution in [0.1, 0.15) is 31.7 Å². The maximum Gasteiger partial charge on any atom is 0.325 e. The average molecular weight is 455 g/mol. The van der Waals surface area contributed by atoms with Crippen LogP contribution in [0.3, 0.4) is 0 Å². The number of anilines is 2. The zero-order valence-electron chi connectivity index (χ0n) is 18.1. The van der Waals surface area contributed by atoms with E-state index < -0.39 is 17.5 Å². The van der Waals surface area contributed by atoms with Crippen LogP contribution in [-0.4, -0.2) is 47.9 Å². The second kappa shape index (κ2) is 9.20. The molecule has 0 saturated carbocycles. The fourth-order valence-electron chi connectivity index (χ4n) is 4.27. The quantitative estimate of drug-likeness (QED) is 0.623. The van der Waals surface area contributed by atoms with E-state index in [4.69, 9.17) is 11.6 Å². The second-order valence-corrected chi connectivity index (χ2v) is 8.98. The summed E-state index contributed by atoms with van der Waals surface area (Å²) >= 11 is 6.15. The van der Waals surface area contributed by atoms with Crippen molar-refractivity contribution in [3.8, 4) is 0 Å². The van der Waals surface area contributed by atoms with Crippen LogP contribution < -0.4 is 15.5 Å². The predicted molar refractivity (Wildman–Crippen MR) is 125 cm³/mol. The summed E-state index contributed by atoms with van der Waals surface area (Å²) in [6.45, 7) is 3.18. The number of aryl methyl sites for hydroxylation is 1. The molecular weight excluding hydrogens is 428 g/mol.